The van der Waals surface area contributed by atoms with Crippen LogP contribution in [0, 0.1) is 0 Å². The molecule has 0 saturated carbocycles. The average Bonchev–Trinajstić information content (AvgIpc) is 2.38. The lowest BCUT2D eigenvalue weighted by Crippen LogP contribution is -2.10. The molecule has 1 heterocycles. The van der Waals surface area contributed by atoms with Crippen LogP contribution in [0.25, 0.3) is 0 Å². The van der Waals surface area contributed by atoms with Gasteiger partial charge in [0.25, 0.3) is 0 Å². The number of aromatic nitrogens is 1. The van der Waals surface area contributed by atoms with Crippen LogP contribution >= 0.6 is 0 Å². The van der Waals surface area contributed by atoms with Crippen LogP contribution in [0.5, 0.6) is 11.6 Å². The second-order valence-corrected chi connectivity index (χ2v) is 5.95. The van der Waals surface area contributed by atoms with E-state index in [2.05, 4.69) is 31.8 Å². The van der Waals surface area contributed by atoms with Crippen molar-refractivity contribution in [3.63, 3.8) is 0 Å². The van der Waals surface area contributed by atoms with Gasteiger partial charge in [-0.05, 0) is 42.2 Å². The number of pyridine rings is 1. The molecule has 0 bridgehead atoms. The fraction of sp³-hybridized carbons (Fsp3) is 0.353. The molecule has 0 unspecified atom stereocenters. The van der Waals surface area contributed by atoms with Gasteiger partial charge in [-0.2, -0.15) is 0 Å². The quantitative estimate of drug-likeness (QED) is 0.908. The molecule has 20 heavy (non-hydrogen) atoms. The highest BCUT2D eigenvalue weighted by Crippen LogP contribution is 2.30. The summed E-state index contributed by atoms with van der Waals surface area (Å²) in [7, 11) is 0. The van der Waals surface area contributed by atoms with Crippen molar-refractivity contribution in [2.24, 2.45) is 0 Å². The Morgan fingerprint density at radius 2 is 1.90 bits per heavy atom. The number of hydrogen-bond acceptors (Lipinski definition) is 3. The minimum absolute atomic E-state index is 0.0661. The van der Waals surface area contributed by atoms with Gasteiger partial charge >= 0.3 is 0 Å². The Morgan fingerprint density at radius 3 is 2.55 bits per heavy atom. The van der Waals surface area contributed by atoms with Crippen LogP contribution in [0.15, 0.2) is 42.6 Å². The van der Waals surface area contributed by atoms with Gasteiger partial charge < -0.3 is 9.84 Å². The topological polar surface area (TPSA) is 42.4 Å². The largest absolute Gasteiger partial charge is 0.439 e. The Bertz CT molecular complexity index is 586. The number of hydrogen-bond donors (Lipinski definition) is 1. The van der Waals surface area contributed by atoms with E-state index < -0.39 is 6.10 Å². The monoisotopic (exact) mass is 271 g/mol. The van der Waals surface area contributed by atoms with E-state index in [1.54, 1.807) is 19.2 Å². The van der Waals surface area contributed by atoms with E-state index in [0.29, 0.717) is 11.4 Å². The van der Waals surface area contributed by atoms with Crippen LogP contribution in [0.3, 0.4) is 0 Å². The van der Waals surface area contributed by atoms with Gasteiger partial charge in [0, 0.05) is 11.8 Å². The van der Waals surface area contributed by atoms with Crippen molar-refractivity contribution in [1.29, 1.82) is 0 Å². The number of ether oxygens (including phenoxy) is 1. The first-order valence-electron chi connectivity index (χ1n) is 6.79. The highest BCUT2D eigenvalue weighted by Gasteiger charge is 2.15. The van der Waals surface area contributed by atoms with Crippen LogP contribution in [0.1, 0.15) is 44.9 Å². The molecular formula is C17H21NO2. The standard InChI is InChI=1S/C17H21NO2/c1-12(19)15-9-6-10-18-16(15)20-14-8-5-7-13(11-14)17(2,3)4/h5-12,19H,1-4H3/t12-/m0/s1. The van der Waals surface area contributed by atoms with Crippen molar-refractivity contribution in [2.45, 2.75) is 39.2 Å². The molecule has 0 aliphatic carbocycles. The molecule has 106 valence electrons. The molecule has 2 aromatic rings. The number of nitrogens with zero attached hydrogens (tertiary/aromatic N) is 1. The minimum Gasteiger partial charge on any atom is -0.439 e. The smallest absolute Gasteiger partial charge is 0.225 e. The summed E-state index contributed by atoms with van der Waals surface area (Å²) in [5.41, 5.74) is 1.95. The Kier molecular flexibility index (Phi) is 4.09. The highest BCUT2D eigenvalue weighted by atomic mass is 16.5. The van der Waals surface area contributed by atoms with Crippen molar-refractivity contribution in [3.05, 3.63) is 53.7 Å². The van der Waals surface area contributed by atoms with Gasteiger partial charge in [-0.3, -0.25) is 0 Å². The molecule has 0 fully saturated rings. The normalized spacial score (nSPS) is 13.1. The lowest BCUT2D eigenvalue weighted by atomic mass is 9.87. The molecule has 3 heteroatoms. The molecule has 0 aliphatic heterocycles. The van der Waals surface area contributed by atoms with Crippen LogP contribution in [0.4, 0.5) is 0 Å². The molecule has 0 saturated heterocycles. The van der Waals surface area contributed by atoms with E-state index in [0.717, 1.165) is 5.75 Å². The zero-order valence-electron chi connectivity index (χ0n) is 12.4. The van der Waals surface area contributed by atoms with E-state index >= 15 is 0 Å². The molecule has 1 N–H and O–H groups in total. The van der Waals surface area contributed by atoms with Gasteiger partial charge in [-0.25, -0.2) is 4.98 Å². The zero-order valence-corrected chi connectivity index (χ0v) is 12.4. The fourth-order valence-corrected chi connectivity index (χ4v) is 1.94. The first-order chi connectivity index (χ1) is 9.38. The van der Waals surface area contributed by atoms with E-state index in [4.69, 9.17) is 4.74 Å². The molecule has 1 atom stereocenters. The fourth-order valence-electron chi connectivity index (χ4n) is 1.94. The number of aliphatic hydroxyl groups is 1. The first kappa shape index (κ1) is 14.5. The maximum Gasteiger partial charge on any atom is 0.225 e. The summed E-state index contributed by atoms with van der Waals surface area (Å²) in [6.45, 7) is 8.19. The Morgan fingerprint density at radius 1 is 1.15 bits per heavy atom. The predicted molar refractivity (Wildman–Crippen MR) is 80.1 cm³/mol. The lowest BCUT2D eigenvalue weighted by Gasteiger charge is -2.20. The second kappa shape index (κ2) is 5.63. The van der Waals surface area contributed by atoms with Gasteiger partial charge in [0.1, 0.15) is 5.75 Å². The lowest BCUT2D eigenvalue weighted by molar-refractivity contribution is 0.194. The maximum absolute atomic E-state index is 9.75. The van der Waals surface area contributed by atoms with Crippen LogP contribution in [0.2, 0.25) is 0 Å². The molecule has 1 aromatic carbocycles. The zero-order chi connectivity index (χ0) is 14.8. The van der Waals surface area contributed by atoms with E-state index in [1.807, 2.05) is 24.3 Å². The van der Waals surface area contributed by atoms with Gasteiger partial charge in [-0.1, -0.05) is 32.9 Å². The van der Waals surface area contributed by atoms with Gasteiger partial charge in [0.05, 0.1) is 6.10 Å². The Balaban J connectivity index is 2.31. The summed E-state index contributed by atoms with van der Waals surface area (Å²) < 4.78 is 5.84. The summed E-state index contributed by atoms with van der Waals surface area (Å²) in [5, 5.41) is 9.75. The van der Waals surface area contributed by atoms with Crippen molar-refractivity contribution in [1.82, 2.24) is 4.98 Å². The summed E-state index contributed by atoms with van der Waals surface area (Å²) in [6.07, 6.45) is 1.05. The Hall–Kier alpha value is -1.87. The summed E-state index contributed by atoms with van der Waals surface area (Å²) in [4.78, 5) is 4.20. The molecule has 0 spiro atoms. The number of benzene rings is 1. The van der Waals surface area contributed by atoms with Crippen LogP contribution in [-0.4, -0.2) is 10.1 Å². The van der Waals surface area contributed by atoms with Gasteiger partial charge in [-0.15, -0.1) is 0 Å². The first-order valence-corrected chi connectivity index (χ1v) is 6.79. The van der Waals surface area contributed by atoms with Crippen molar-refractivity contribution >= 4 is 0 Å². The second-order valence-electron chi connectivity index (χ2n) is 5.95. The molecule has 0 radical (unpaired) electrons. The minimum atomic E-state index is -0.607. The van der Waals surface area contributed by atoms with Crippen molar-refractivity contribution in [2.75, 3.05) is 0 Å². The van der Waals surface area contributed by atoms with Crippen LogP contribution in [-0.2, 0) is 5.41 Å². The molecule has 3 nitrogen and oxygen atoms in total. The third kappa shape index (κ3) is 3.36. The maximum atomic E-state index is 9.75. The van der Waals surface area contributed by atoms with Crippen molar-refractivity contribution < 1.29 is 9.84 Å². The van der Waals surface area contributed by atoms with E-state index in [9.17, 15) is 5.11 Å². The average molecular weight is 271 g/mol. The number of aliphatic hydroxyl groups excluding tert-OH is 1. The third-order valence-electron chi connectivity index (χ3n) is 3.17. The number of rotatable bonds is 3. The SMILES string of the molecule is C[C@H](O)c1cccnc1Oc1cccc(C(C)(C)C)c1. The summed E-state index contributed by atoms with van der Waals surface area (Å²) in [6, 6.07) is 11.6. The molecule has 0 amide bonds. The summed E-state index contributed by atoms with van der Waals surface area (Å²) in [5.74, 6) is 1.19. The van der Waals surface area contributed by atoms with Gasteiger partial charge in [0.15, 0.2) is 0 Å². The van der Waals surface area contributed by atoms with E-state index in [-0.39, 0.29) is 5.41 Å². The van der Waals surface area contributed by atoms with Crippen molar-refractivity contribution in [3.8, 4) is 11.6 Å². The summed E-state index contributed by atoms with van der Waals surface area (Å²) >= 11 is 0. The van der Waals surface area contributed by atoms with E-state index in [1.165, 1.54) is 5.56 Å². The molecule has 2 rings (SSSR count). The molecular weight excluding hydrogens is 250 g/mol. The van der Waals surface area contributed by atoms with Gasteiger partial charge in [0.2, 0.25) is 5.88 Å². The van der Waals surface area contributed by atoms with Crippen LogP contribution < -0.4 is 4.74 Å². The molecule has 0 aliphatic rings. The highest BCUT2D eigenvalue weighted by molar-refractivity contribution is 5.37. The predicted octanol–water partition coefficient (Wildman–Crippen LogP) is 4.22. The Labute approximate surface area is 120 Å². The molecule has 1 aromatic heterocycles. The third-order valence-corrected chi connectivity index (χ3v) is 3.17.